The summed E-state index contributed by atoms with van der Waals surface area (Å²) in [6.45, 7) is 1.49. The molecule has 0 unspecified atom stereocenters. The van der Waals surface area contributed by atoms with Crippen molar-refractivity contribution in [1.29, 1.82) is 0 Å². The van der Waals surface area contributed by atoms with Crippen molar-refractivity contribution in [1.82, 2.24) is 4.90 Å². The topological polar surface area (TPSA) is 29.5 Å². The number of piperidine rings is 1. The van der Waals surface area contributed by atoms with E-state index in [1.165, 1.54) is 18.1 Å². The highest BCUT2D eigenvalue weighted by Crippen LogP contribution is 2.41. The number of rotatable bonds is 3. The summed E-state index contributed by atoms with van der Waals surface area (Å²) in [6, 6.07) is 21.4. The van der Waals surface area contributed by atoms with Gasteiger partial charge in [-0.1, -0.05) is 60.7 Å². The molecule has 120 valence electrons. The van der Waals surface area contributed by atoms with Crippen molar-refractivity contribution >= 4 is 5.97 Å². The number of hydrogen-bond donors (Lipinski definition) is 0. The Kier molecular flexibility index (Phi) is 4.77. The summed E-state index contributed by atoms with van der Waals surface area (Å²) in [7, 11) is 2.17. The van der Waals surface area contributed by atoms with E-state index in [-0.39, 0.29) is 24.2 Å². The number of likely N-dealkylation sites (tertiary alicyclic amines) is 1. The molecule has 0 amide bonds. The summed E-state index contributed by atoms with van der Waals surface area (Å²) >= 11 is 0. The molecule has 1 aliphatic rings. The summed E-state index contributed by atoms with van der Waals surface area (Å²) in [5, 5.41) is 0. The molecule has 2 aromatic rings. The second kappa shape index (κ2) is 6.97. The van der Waals surface area contributed by atoms with Gasteiger partial charge in [-0.15, -0.1) is 0 Å². The van der Waals surface area contributed by atoms with Gasteiger partial charge in [0.15, 0.2) is 0 Å². The molecule has 0 spiro atoms. The van der Waals surface area contributed by atoms with Crippen molar-refractivity contribution < 1.29 is 9.53 Å². The van der Waals surface area contributed by atoms with Crippen LogP contribution >= 0.6 is 0 Å². The molecule has 0 radical (unpaired) electrons. The van der Waals surface area contributed by atoms with E-state index < -0.39 is 0 Å². The van der Waals surface area contributed by atoms with Gasteiger partial charge in [-0.3, -0.25) is 9.69 Å². The molecule has 0 aliphatic carbocycles. The first-order valence-electron chi connectivity index (χ1n) is 8.14. The van der Waals surface area contributed by atoms with E-state index in [1.807, 2.05) is 12.1 Å². The van der Waals surface area contributed by atoms with Crippen LogP contribution in [0.3, 0.4) is 0 Å². The summed E-state index contributed by atoms with van der Waals surface area (Å²) in [4.78, 5) is 13.9. The smallest absolute Gasteiger partial charge is 0.302 e. The second-order valence-corrected chi connectivity index (χ2v) is 6.22. The van der Waals surface area contributed by atoms with Crippen molar-refractivity contribution in [3.05, 3.63) is 71.8 Å². The summed E-state index contributed by atoms with van der Waals surface area (Å²) in [6.07, 6.45) is 1.63. The van der Waals surface area contributed by atoms with Crippen LogP contribution in [0.5, 0.6) is 0 Å². The first-order chi connectivity index (χ1) is 11.1. The van der Waals surface area contributed by atoms with Crippen LogP contribution in [0.4, 0.5) is 0 Å². The van der Waals surface area contributed by atoms with Crippen molar-refractivity contribution in [3.8, 4) is 0 Å². The van der Waals surface area contributed by atoms with Crippen LogP contribution in [0.15, 0.2) is 60.7 Å². The van der Waals surface area contributed by atoms with E-state index in [0.717, 1.165) is 12.8 Å². The largest absolute Gasteiger partial charge is 0.462 e. The summed E-state index contributed by atoms with van der Waals surface area (Å²) in [5.74, 6) is -0.196. The van der Waals surface area contributed by atoms with Gasteiger partial charge in [-0.25, -0.2) is 0 Å². The molecular weight excluding hydrogens is 286 g/mol. The zero-order valence-corrected chi connectivity index (χ0v) is 13.7. The van der Waals surface area contributed by atoms with Crippen LogP contribution in [0.1, 0.15) is 43.0 Å². The third-order valence-electron chi connectivity index (χ3n) is 4.66. The minimum atomic E-state index is -0.196. The predicted octanol–water partition coefficient (Wildman–Crippen LogP) is 4.13. The van der Waals surface area contributed by atoms with Gasteiger partial charge in [-0.05, 0) is 18.2 Å². The predicted molar refractivity (Wildman–Crippen MR) is 90.9 cm³/mol. The summed E-state index contributed by atoms with van der Waals surface area (Å²) in [5.41, 5.74) is 2.54. The van der Waals surface area contributed by atoms with E-state index in [2.05, 4.69) is 60.5 Å². The Balaban J connectivity index is 1.91. The van der Waals surface area contributed by atoms with E-state index in [4.69, 9.17) is 4.74 Å². The average Bonchev–Trinajstić information content (AvgIpc) is 2.57. The van der Waals surface area contributed by atoms with Crippen LogP contribution in [-0.2, 0) is 9.53 Å². The molecule has 1 aliphatic heterocycles. The van der Waals surface area contributed by atoms with Crippen LogP contribution in [0, 0.1) is 0 Å². The zero-order chi connectivity index (χ0) is 16.2. The third-order valence-corrected chi connectivity index (χ3v) is 4.66. The number of esters is 1. The minimum absolute atomic E-state index is 0.0425. The van der Waals surface area contributed by atoms with E-state index in [1.54, 1.807) is 0 Å². The van der Waals surface area contributed by atoms with E-state index in [9.17, 15) is 4.79 Å². The van der Waals surface area contributed by atoms with E-state index in [0.29, 0.717) is 0 Å². The number of ether oxygens (including phenoxy) is 1. The number of benzene rings is 2. The molecule has 0 saturated carbocycles. The Morgan fingerprint density at radius 2 is 1.35 bits per heavy atom. The fourth-order valence-corrected chi connectivity index (χ4v) is 3.57. The van der Waals surface area contributed by atoms with Crippen LogP contribution in [0.25, 0.3) is 0 Å². The molecule has 0 N–H and O–H groups in total. The van der Waals surface area contributed by atoms with Gasteiger partial charge >= 0.3 is 5.97 Å². The molecule has 3 heteroatoms. The highest BCUT2D eigenvalue weighted by molar-refractivity contribution is 5.66. The summed E-state index contributed by atoms with van der Waals surface area (Å²) < 4.78 is 5.58. The van der Waals surface area contributed by atoms with Crippen molar-refractivity contribution in [3.63, 3.8) is 0 Å². The monoisotopic (exact) mass is 309 g/mol. The lowest BCUT2D eigenvalue weighted by atomic mass is 9.86. The molecule has 1 fully saturated rings. The molecule has 2 atom stereocenters. The minimum Gasteiger partial charge on any atom is -0.462 e. The zero-order valence-electron chi connectivity index (χ0n) is 13.7. The normalized spacial score (nSPS) is 25.0. The lowest BCUT2D eigenvalue weighted by Gasteiger charge is -2.43. The van der Waals surface area contributed by atoms with Gasteiger partial charge < -0.3 is 4.74 Å². The number of hydrogen-bond acceptors (Lipinski definition) is 3. The number of carbonyl (C=O) groups excluding carboxylic acids is 1. The van der Waals surface area contributed by atoms with Gasteiger partial charge in [0.1, 0.15) is 6.10 Å². The fourth-order valence-electron chi connectivity index (χ4n) is 3.57. The van der Waals surface area contributed by atoms with Crippen molar-refractivity contribution in [2.45, 2.75) is 38.0 Å². The molecule has 1 saturated heterocycles. The Hall–Kier alpha value is -2.13. The van der Waals surface area contributed by atoms with Crippen molar-refractivity contribution in [2.24, 2.45) is 0 Å². The molecule has 2 aromatic carbocycles. The number of nitrogens with zero attached hydrogens (tertiary/aromatic N) is 1. The maximum atomic E-state index is 11.4. The molecule has 3 rings (SSSR count). The first kappa shape index (κ1) is 15.8. The molecular formula is C20H23NO2. The standard InChI is InChI=1S/C20H23NO2/c1-15(22)23-18-13-19(16-9-5-3-6-10-16)21(2)20(14-18)17-11-7-4-8-12-17/h3-12,18-20H,13-14H2,1-2H3/t19-,20-/m0/s1. The fraction of sp³-hybridized carbons (Fsp3) is 0.350. The highest BCUT2D eigenvalue weighted by Gasteiger charge is 2.36. The molecule has 3 nitrogen and oxygen atoms in total. The maximum Gasteiger partial charge on any atom is 0.302 e. The van der Waals surface area contributed by atoms with Crippen LogP contribution < -0.4 is 0 Å². The Labute approximate surface area is 137 Å². The molecule has 1 heterocycles. The van der Waals surface area contributed by atoms with Gasteiger partial charge in [0, 0.05) is 31.8 Å². The molecule has 0 bridgehead atoms. The third kappa shape index (κ3) is 3.62. The highest BCUT2D eigenvalue weighted by atomic mass is 16.5. The van der Waals surface area contributed by atoms with Crippen LogP contribution in [-0.4, -0.2) is 24.0 Å². The Morgan fingerprint density at radius 3 is 1.74 bits per heavy atom. The number of carbonyl (C=O) groups is 1. The second-order valence-electron chi connectivity index (χ2n) is 6.22. The van der Waals surface area contributed by atoms with Gasteiger partial charge in [0.05, 0.1) is 0 Å². The van der Waals surface area contributed by atoms with Gasteiger partial charge in [-0.2, -0.15) is 0 Å². The van der Waals surface area contributed by atoms with Gasteiger partial charge in [0.25, 0.3) is 0 Å². The Morgan fingerprint density at radius 1 is 0.913 bits per heavy atom. The average molecular weight is 309 g/mol. The first-order valence-corrected chi connectivity index (χ1v) is 8.14. The SMILES string of the molecule is CC(=O)OC1C[C@@H](c2ccccc2)N(C)[C@H](c2ccccc2)C1. The van der Waals surface area contributed by atoms with Gasteiger partial charge in [0.2, 0.25) is 0 Å². The molecule has 0 aromatic heterocycles. The van der Waals surface area contributed by atoms with Crippen molar-refractivity contribution in [2.75, 3.05) is 7.05 Å². The van der Waals surface area contributed by atoms with E-state index >= 15 is 0 Å². The quantitative estimate of drug-likeness (QED) is 0.799. The molecule has 23 heavy (non-hydrogen) atoms. The Bertz CT molecular complexity index is 592. The lowest BCUT2D eigenvalue weighted by Crippen LogP contribution is -2.40. The maximum absolute atomic E-state index is 11.4. The van der Waals surface area contributed by atoms with Crippen LogP contribution in [0.2, 0.25) is 0 Å². The lowest BCUT2D eigenvalue weighted by molar-refractivity contribution is -0.151.